The standard InChI is InChI=1S/C19H25F4N5.HI/c1-5-24-18(25-9-8-16-12(2)27-28(4)13(16)3)26-11-14-6-7-15(20)10-17(14)19(21,22)23;/h6-7,10H,5,8-9,11H2,1-4H3,(H2,24,25,26);1H. The van der Waals surface area contributed by atoms with Crippen molar-refractivity contribution in [1.29, 1.82) is 0 Å². The van der Waals surface area contributed by atoms with Crippen molar-refractivity contribution in [3.05, 3.63) is 52.1 Å². The van der Waals surface area contributed by atoms with Crippen LogP contribution >= 0.6 is 24.0 Å². The first kappa shape index (κ1) is 25.2. The lowest BCUT2D eigenvalue weighted by molar-refractivity contribution is -0.138. The number of aryl methyl sites for hydroxylation is 2. The van der Waals surface area contributed by atoms with E-state index in [0.717, 1.165) is 29.1 Å². The van der Waals surface area contributed by atoms with Gasteiger partial charge in [-0.2, -0.15) is 18.3 Å². The second-order valence-electron chi connectivity index (χ2n) is 6.44. The molecule has 29 heavy (non-hydrogen) atoms. The van der Waals surface area contributed by atoms with E-state index in [1.807, 2.05) is 32.5 Å². The molecule has 0 aliphatic carbocycles. The van der Waals surface area contributed by atoms with Crippen molar-refractivity contribution >= 4 is 29.9 Å². The first-order valence-electron chi connectivity index (χ1n) is 9.00. The summed E-state index contributed by atoms with van der Waals surface area (Å²) in [6.07, 6.45) is -3.92. The highest BCUT2D eigenvalue weighted by Crippen LogP contribution is 2.32. The number of halogens is 5. The average Bonchev–Trinajstić information content (AvgIpc) is 2.85. The van der Waals surface area contributed by atoms with Crippen LogP contribution < -0.4 is 10.6 Å². The van der Waals surface area contributed by atoms with Crippen LogP contribution in [-0.2, 0) is 26.2 Å². The lowest BCUT2D eigenvalue weighted by Gasteiger charge is -2.14. The number of guanidine groups is 1. The summed E-state index contributed by atoms with van der Waals surface area (Å²) in [6, 6.07) is 2.63. The van der Waals surface area contributed by atoms with Crippen LogP contribution in [-0.4, -0.2) is 28.8 Å². The van der Waals surface area contributed by atoms with Crippen LogP contribution in [0.3, 0.4) is 0 Å². The molecule has 0 bridgehead atoms. The number of nitrogens with zero attached hydrogens (tertiary/aromatic N) is 3. The quantitative estimate of drug-likeness (QED) is 0.258. The molecule has 162 valence electrons. The van der Waals surface area contributed by atoms with Crippen molar-refractivity contribution in [3.8, 4) is 0 Å². The van der Waals surface area contributed by atoms with Gasteiger partial charge in [-0.15, -0.1) is 24.0 Å². The highest BCUT2D eigenvalue weighted by atomic mass is 127. The molecule has 0 saturated heterocycles. The Kier molecular flexibility index (Phi) is 9.37. The van der Waals surface area contributed by atoms with E-state index >= 15 is 0 Å². The molecule has 0 atom stereocenters. The molecule has 10 heteroatoms. The molecule has 5 nitrogen and oxygen atoms in total. The van der Waals surface area contributed by atoms with Crippen molar-refractivity contribution in [2.75, 3.05) is 13.1 Å². The van der Waals surface area contributed by atoms with Gasteiger partial charge < -0.3 is 10.6 Å². The number of hydrogen-bond donors (Lipinski definition) is 2. The third-order valence-electron chi connectivity index (χ3n) is 4.46. The van der Waals surface area contributed by atoms with E-state index in [9.17, 15) is 17.6 Å². The Morgan fingerprint density at radius 1 is 1.21 bits per heavy atom. The fraction of sp³-hybridized carbons (Fsp3) is 0.474. The van der Waals surface area contributed by atoms with Crippen molar-refractivity contribution in [2.24, 2.45) is 12.0 Å². The van der Waals surface area contributed by atoms with Gasteiger partial charge in [0.2, 0.25) is 0 Å². The molecule has 1 aromatic carbocycles. The monoisotopic (exact) mass is 527 g/mol. The molecular formula is C19H26F4IN5. The third-order valence-corrected chi connectivity index (χ3v) is 4.46. The fourth-order valence-corrected chi connectivity index (χ4v) is 2.94. The zero-order valence-corrected chi connectivity index (χ0v) is 19.2. The first-order valence-corrected chi connectivity index (χ1v) is 9.00. The molecule has 0 radical (unpaired) electrons. The van der Waals surface area contributed by atoms with E-state index in [2.05, 4.69) is 20.7 Å². The molecule has 0 aliphatic rings. The number of aliphatic imine (C=N–C) groups is 1. The fourth-order valence-electron chi connectivity index (χ4n) is 2.94. The normalized spacial score (nSPS) is 11.9. The Morgan fingerprint density at radius 2 is 1.90 bits per heavy atom. The van der Waals surface area contributed by atoms with Gasteiger partial charge in [0.05, 0.1) is 17.8 Å². The number of nitrogens with one attached hydrogen (secondary N) is 2. The summed E-state index contributed by atoms with van der Waals surface area (Å²) in [5, 5.41) is 10.5. The van der Waals surface area contributed by atoms with Gasteiger partial charge in [-0.05, 0) is 50.5 Å². The lowest BCUT2D eigenvalue weighted by atomic mass is 10.1. The Hall–Kier alpha value is -1.85. The summed E-state index contributed by atoms with van der Waals surface area (Å²) >= 11 is 0. The number of alkyl halides is 3. The topological polar surface area (TPSA) is 54.2 Å². The van der Waals surface area contributed by atoms with E-state index in [0.29, 0.717) is 31.5 Å². The minimum atomic E-state index is -4.63. The van der Waals surface area contributed by atoms with Gasteiger partial charge in [0, 0.05) is 25.8 Å². The van der Waals surface area contributed by atoms with Crippen molar-refractivity contribution in [2.45, 2.75) is 39.9 Å². The van der Waals surface area contributed by atoms with E-state index in [-0.39, 0.29) is 36.1 Å². The molecular weight excluding hydrogens is 501 g/mol. The van der Waals surface area contributed by atoms with Crippen LogP contribution in [0.15, 0.2) is 23.2 Å². The van der Waals surface area contributed by atoms with E-state index in [4.69, 9.17) is 0 Å². The predicted molar refractivity (Wildman–Crippen MR) is 116 cm³/mol. The summed E-state index contributed by atoms with van der Waals surface area (Å²) in [5.74, 6) is -0.522. The van der Waals surface area contributed by atoms with Gasteiger partial charge >= 0.3 is 6.18 Å². The van der Waals surface area contributed by atoms with Crippen LogP contribution in [0.1, 0.15) is 35.0 Å². The number of benzene rings is 1. The molecule has 0 fully saturated rings. The molecule has 0 spiro atoms. The van der Waals surface area contributed by atoms with Gasteiger partial charge in [0.15, 0.2) is 5.96 Å². The molecule has 0 unspecified atom stereocenters. The summed E-state index contributed by atoms with van der Waals surface area (Å²) < 4.78 is 54.4. The Bertz CT molecular complexity index is 846. The Labute approximate surface area is 185 Å². The number of hydrogen-bond acceptors (Lipinski definition) is 2. The van der Waals surface area contributed by atoms with E-state index in [1.54, 1.807) is 0 Å². The maximum atomic E-state index is 13.2. The predicted octanol–water partition coefficient (Wildman–Crippen LogP) is 4.11. The molecule has 2 N–H and O–H groups in total. The Morgan fingerprint density at radius 3 is 2.45 bits per heavy atom. The maximum Gasteiger partial charge on any atom is 0.416 e. The van der Waals surface area contributed by atoms with Crippen LogP contribution in [0.2, 0.25) is 0 Å². The summed E-state index contributed by atoms with van der Waals surface area (Å²) in [7, 11) is 1.88. The number of rotatable bonds is 6. The zero-order chi connectivity index (χ0) is 20.9. The number of aromatic nitrogens is 2. The second-order valence-corrected chi connectivity index (χ2v) is 6.44. The average molecular weight is 527 g/mol. The van der Waals surface area contributed by atoms with Crippen LogP contribution in [0, 0.1) is 19.7 Å². The molecule has 2 aromatic rings. The van der Waals surface area contributed by atoms with Crippen LogP contribution in [0.4, 0.5) is 17.6 Å². The highest BCUT2D eigenvalue weighted by Gasteiger charge is 2.33. The van der Waals surface area contributed by atoms with E-state index < -0.39 is 17.6 Å². The minimum absolute atomic E-state index is 0. The largest absolute Gasteiger partial charge is 0.416 e. The summed E-state index contributed by atoms with van der Waals surface area (Å²) in [4.78, 5) is 4.22. The second kappa shape index (κ2) is 10.8. The molecule has 1 heterocycles. The summed E-state index contributed by atoms with van der Waals surface area (Å²) in [5.41, 5.74) is 2.06. The van der Waals surface area contributed by atoms with Crippen molar-refractivity contribution in [3.63, 3.8) is 0 Å². The smallest absolute Gasteiger partial charge is 0.357 e. The molecule has 1 aromatic heterocycles. The SMILES string of the molecule is CCNC(=NCc1ccc(F)cc1C(F)(F)F)NCCc1c(C)nn(C)c1C.I. The van der Waals surface area contributed by atoms with Crippen LogP contribution in [0.25, 0.3) is 0 Å². The Balaban J connectivity index is 0.00000420. The molecule has 0 saturated carbocycles. The minimum Gasteiger partial charge on any atom is -0.357 e. The van der Waals surface area contributed by atoms with Gasteiger partial charge in [-0.25, -0.2) is 9.38 Å². The van der Waals surface area contributed by atoms with Gasteiger partial charge in [-0.1, -0.05) is 6.07 Å². The van der Waals surface area contributed by atoms with Gasteiger partial charge in [0.25, 0.3) is 0 Å². The molecule has 0 aliphatic heterocycles. The van der Waals surface area contributed by atoms with Gasteiger partial charge in [0.1, 0.15) is 5.82 Å². The maximum absolute atomic E-state index is 13.2. The van der Waals surface area contributed by atoms with Gasteiger partial charge in [-0.3, -0.25) is 4.68 Å². The third kappa shape index (κ3) is 6.86. The first-order chi connectivity index (χ1) is 13.1. The molecule has 0 amide bonds. The van der Waals surface area contributed by atoms with Crippen molar-refractivity contribution in [1.82, 2.24) is 20.4 Å². The highest BCUT2D eigenvalue weighted by molar-refractivity contribution is 14.0. The molecule has 2 rings (SSSR count). The van der Waals surface area contributed by atoms with Crippen LogP contribution in [0.5, 0.6) is 0 Å². The van der Waals surface area contributed by atoms with E-state index in [1.165, 1.54) is 0 Å². The summed E-state index contributed by atoms with van der Waals surface area (Å²) in [6.45, 7) is 6.69. The zero-order valence-electron chi connectivity index (χ0n) is 16.8. The van der Waals surface area contributed by atoms with Crippen molar-refractivity contribution < 1.29 is 17.6 Å². The lowest BCUT2D eigenvalue weighted by Crippen LogP contribution is -2.38.